The molecule has 1 fully saturated rings. The first-order valence-corrected chi connectivity index (χ1v) is 6.68. The quantitative estimate of drug-likeness (QED) is 0.818. The Kier molecular flexibility index (Phi) is 3.43. The maximum absolute atomic E-state index is 13.3. The fraction of sp³-hybridized carbons (Fsp3) is 0.571. The molecule has 0 aliphatic carbocycles. The van der Waals surface area contributed by atoms with Crippen molar-refractivity contribution in [3.8, 4) is 5.75 Å². The number of benzene rings is 1. The molecule has 0 radical (unpaired) electrons. The van der Waals surface area contributed by atoms with Gasteiger partial charge in [-0.3, -0.25) is 4.90 Å². The molecule has 0 bridgehead atoms. The summed E-state index contributed by atoms with van der Waals surface area (Å²) in [5.74, 6) is 0.264. The van der Waals surface area contributed by atoms with Gasteiger partial charge in [0.1, 0.15) is 24.3 Å². The van der Waals surface area contributed by atoms with E-state index in [-0.39, 0.29) is 11.9 Å². The van der Waals surface area contributed by atoms with Gasteiger partial charge < -0.3 is 14.7 Å². The Bertz CT molecular complexity index is 461. The highest BCUT2D eigenvalue weighted by Gasteiger charge is 2.35. The Morgan fingerprint density at radius 3 is 2.74 bits per heavy atom. The molecule has 2 unspecified atom stereocenters. The Morgan fingerprint density at radius 2 is 2.00 bits per heavy atom. The molecule has 2 aliphatic rings. The summed E-state index contributed by atoms with van der Waals surface area (Å²) in [6.45, 7) is 4.25. The molecule has 1 aromatic carbocycles. The number of aliphatic hydroxyl groups is 1. The van der Waals surface area contributed by atoms with Gasteiger partial charge in [0.25, 0.3) is 0 Å². The highest BCUT2D eigenvalue weighted by atomic mass is 19.1. The van der Waals surface area contributed by atoms with Crippen LogP contribution in [0.4, 0.5) is 4.39 Å². The van der Waals surface area contributed by atoms with E-state index in [4.69, 9.17) is 4.74 Å². The zero-order valence-electron chi connectivity index (χ0n) is 11.1. The van der Waals surface area contributed by atoms with Crippen LogP contribution in [-0.2, 0) is 0 Å². The molecule has 3 rings (SSSR count). The van der Waals surface area contributed by atoms with Gasteiger partial charge in [-0.25, -0.2) is 4.39 Å². The zero-order chi connectivity index (χ0) is 13.4. The lowest BCUT2D eigenvalue weighted by atomic mass is 9.97. The molecule has 5 heteroatoms. The first-order chi connectivity index (χ1) is 9.15. The van der Waals surface area contributed by atoms with E-state index in [2.05, 4.69) is 16.8 Å². The SMILES string of the molecule is CN1CCN(C2COc3ccc(F)cc3C2O)CC1. The van der Waals surface area contributed by atoms with Crippen LogP contribution in [0.5, 0.6) is 5.75 Å². The summed E-state index contributed by atoms with van der Waals surface area (Å²) in [6.07, 6.45) is -0.678. The molecule has 2 heterocycles. The van der Waals surface area contributed by atoms with Gasteiger partial charge in [-0.15, -0.1) is 0 Å². The van der Waals surface area contributed by atoms with E-state index in [9.17, 15) is 9.50 Å². The minimum Gasteiger partial charge on any atom is -0.491 e. The van der Waals surface area contributed by atoms with Crippen LogP contribution in [0.3, 0.4) is 0 Å². The minimum absolute atomic E-state index is 0.0806. The van der Waals surface area contributed by atoms with Crippen molar-refractivity contribution in [1.29, 1.82) is 0 Å². The molecule has 1 N–H and O–H groups in total. The third-order valence-electron chi connectivity index (χ3n) is 4.07. The summed E-state index contributed by atoms with van der Waals surface area (Å²) in [5.41, 5.74) is 0.565. The normalized spacial score (nSPS) is 28.8. The van der Waals surface area contributed by atoms with E-state index in [0.717, 1.165) is 26.2 Å². The highest BCUT2D eigenvalue weighted by molar-refractivity contribution is 5.38. The molecular weight excluding hydrogens is 247 g/mol. The molecule has 2 aliphatic heterocycles. The van der Waals surface area contributed by atoms with Crippen molar-refractivity contribution in [2.75, 3.05) is 39.8 Å². The largest absolute Gasteiger partial charge is 0.491 e. The lowest BCUT2D eigenvalue weighted by molar-refractivity contribution is -0.0142. The van der Waals surface area contributed by atoms with Crippen LogP contribution < -0.4 is 4.74 Å². The molecule has 0 amide bonds. The smallest absolute Gasteiger partial charge is 0.125 e. The fourth-order valence-corrected chi connectivity index (χ4v) is 2.81. The number of rotatable bonds is 1. The number of hydrogen-bond acceptors (Lipinski definition) is 4. The van der Waals surface area contributed by atoms with Crippen LogP contribution in [0.2, 0.25) is 0 Å². The van der Waals surface area contributed by atoms with Crippen LogP contribution in [0.15, 0.2) is 18.2 Å². The maximum atomic E-state index is 13.3. The van der Waals surface area contributed by atoms with Gasteiger partial charge >= 0.3 is 0 Å². The lowest BCUT2D eigenvalue weighted by Gasteiger charge is -2.42. The summed E-state index contributed by atoms with van der Waals surface area (Å²) in [6, 6.07) is 4.25. The van der Waals surface area contributed by atoms with E-state index >= 15 is 0 Å². The molecule has 2 atom stereocenters. The fourth-order valence-electron chi connectivity index (χ4n) is 2.81. The lowest BCUT2D eigenvalue weighted by Crippen LogP contribution is -2.53. The average Bonchev–Trinajstić information content (AvgIpc) is 2.41. The Labute approximate surface area is 112 Å². The Morgan fingerprint density at radius 1 is 1.26 bits per heavy atom. The van der Waals surface area contributed by atoms with E-state index < -0.39 is 6.10 Å². The zero-order valence-corrected chi connectivity index (χ0v) is 11.1. The number of aliphatic hydroxyl groups excluding tert-OH is 1. The number of ether oxygens (including phenoxy) is 1. The number of halogens is 1. The van der Waals surface area contributed by atoms with Gasteiger partial charge in [0.05, 0.1) is 6.04 Å². The third kappa shape index (κ3) is 2.45. The minimum atomic E-state index is -0.678. The first kappa shape index (κ1) is 12.8. The van der Waals surface area contributed by atoms with Gasteiger partial charge in [-0.05, 0) is 25.2 Å². The number of nitrogens with zero attached hydrogens (tertiary/aromatic N) is 2. The van der Waals surface area contributed by atoms with E-state index in [0.29, 0.717) is 17.9 Å². The van der Waals surface area contributed by atoms with Crippen LogP contribution >= 0.6 is 0 Å². The van der Waals surface area contributed by atoms with E-state index in [1.165, 1.54) is 12.1 Å². The molecule has 0 spiro atoms. The van der Waals surface area contributed by atoms with Gasteiger partial charge in [0.15, 0.2) is 0 Å². The summed E-state index contributed by atoms with van der Waals surface area (Å²) in [4.78, 5) is 4.50. The average molecular weight is 266 g/mol. The predicted octanol–water partition coefficient (Wildman–Crippen LogP) is 0.867. The van der Waals surface area contributed by atoms with E-state index in [1.54, 1.807) is 6.07 Å². The molecule has 19 heavy (non-hydrogen) atoms. The van der Waals surface area contributed by atoms with Crippen molar-refractivity contribution in [1.82, 2.24) is 9.80 Å². The number of piperazine rings is 1. The van der Waals surface area contributed by atoms with Crippen LogP contribution in [0.25, 0.3) is 0 Å². The van der Waals surface area contributed by atoms with Crippen LogP contribution in [0.1, 0.15) is 11.7 Å². The third-order valence-corrected chi connectivity index (χ3v) is 4.07. The second-order valence-electron chi connectivity index (χ2n) is 5.34. The summed E-state index contributed by atoms with van der Waals surface area (Å²) in [7, 11) is 2.09. The number of fused-ring (bicyclic) bond motifs is 1. The van der Waals surface area contributed by atoms with Crippen molar-refractivity contribution in [2.24, 2.45) is 0 Å². The van der Waals surface area contributed by atoms with Crippen molar-refractivity contribution in [3.63, 3.8) is 0 Å². The van der Waals surface area contributed by atoms with Gasteiger partial charge in [-0.2, -0.15) is 0 Å². The number of hydrogen-bond donors (Lipinski definition) is 1. The highest BCUT2D eigenvalue weighted by Crippen LogP contribution is 2.34. The standard InChI is InChI=1S/C14H19FN2O2/c1-16-4-6-17(7-5-16)12-9-19-13-3-2-10(15)8-11(13)14(12)18/h2-3,8,12,14,18H,4-7,9H2,1H3. The summed E-state index contributed by atoms with van der Waals surface area (Å²) < 4.78 is 19.0. The second-order valence-corrected chi connectivity index (χ2v) is 5.34. The second kappa shape index (κ2) is 5.07. The van der Waals surface area contributed by atoms with Crippen molar-refractivity contribution in [3.05, 3.63) is 29.6 Å². The molecular formula is C14H19FN2O2. The molecule has 1 aromatic rings. The predicted molar refractivity (Wildman–Crippen MR) is 69.7 cm³/mol. The molecule has 104 valence electrons. The Balaban J connectivity index is 1.79. The molecule has 0 saturated carbocycles. The number of likely N-dealkylation sites (N-methyl/N-ethyl adjacent to an activating group) is 1. The van der Waals surface area contributed by atoms with Crippen molar-refractivity contribution in [2.45, 2.75) is 12.1 Å². The topological polar surface area (TPSA) is 35.9 Å². The van der Waals surface area contributed by atoms with Crippen molar-refractivity contribution < 1.29 is 14.2 Å². The van der Waals surface area contributed by atoms with Crippen LogP contribution in [-0.4, -0.2) is 60.8 Å². The summed E-state index contributed by atoms with van der Waals surface area (Å²) in [5, 5.41) is 10.5. The molecule has 1 saturated heterocycles. The molecule has 0 aromatic heterocycles. The molecule has 4 nitrogen and oxygen atoms in total. The van der Waals surface area contributed by atoms with Gasteiger partial charge in [0.2, 0.25) is 0 Å². The Hall–Kier alpha value is -1.17. The monoisotopic (exact) mass is 266 g/mol. The van der Waals surface area contributed by atoms with E-state index in [1.807, 2.05) is 0 Å². The first-order valence-electron chi connectivity index (χ1n) is 6.68. The maximum Gasteiger partial charge on any atom is 0.125 e. The van der Waals surface area contributed by atoms with Gasteiger partial charge in [-0.1, -0.05) is 0 Å². The van der Waals surface area contributed by atoms with Crippen LogP contribution in [0, 0.1) is 5.82 Å². The van der Waals surface area contributed by atoms with Crippen molar-refractivity contribution >= 4 is 0 Å². The summed E-state index contributed by atoms with van der Waals surface area (Å²) >= 11 is 0. The van der Waals surface area contributed by atoms with Gasteiger partial charge in [0, 0.05) is 31.7 Å².